The van der Waals surface area contributed by atoms with E-state index >= 15 is 0 Å². The first-order valence-corrected chi connectivity index (χ1v) is 10.1. The van der Waals surface area contributed by atoms with Gasteiger partial charge >= 0.3 is 0 Å². The number of carbonyl (C=O) groups excluding carboxylic acids is 3. The summed E-state index contributed by atoms with van der Waals surface area (Å²) >= 11 is 5.80. The molecule has 1 aliphatic rings. The third-order valence-electron chi connectivity index (χ3n) is 4.58. The summed E-state index contributed by atoms with van der Waals surface area (Å²) < 4.78 is 5.10. The van der Waals surface area contributed by atoms with E-state index in [2.05, 4.69) is 15.6 Å². The number of anilines is 2. The second-order valence-corrected chi connectivity index (χ2v) is 7.24. The van der Waals surface area contributed by atoms with Crippen LogP contribution in [0.25, 0.3) is 0 Å². The molecule has 0 radical (unpaired) electrons. The van der Waals surface area contributed by atoms with Crippen molar-refractivity contribution in [3.05, 3.63) is 53.2 Å². The van der Waals surface area contributed by atoms with Gasteiger partial charge in [0, 0.05) is 25.7 Å². The van der Waals surface area contributed by atoms with Crippen molar-refractivity contribution >= 4 is 40.8 Å². The molecule has 30 heavy (non-hydrogen) atoms. The number of halogens is 1. The minimum Gasteiger partial charge on any atom is -0.370 e. The predicted octanol–water partition coefficient (Wildman–Crippen LogP) is 2.95. The molecule has 2 aromatic rings. The van der Waals surface area contributed by atoms with Crippen LogP contribution in [0.1, 0.15) is 29.6 Å². The number of nitrogens with zero attached hydrogens (tertiary/aromatic N) is 2. The van der Waals surface area contributed by atoms with E-state index in [0.717, 1.165) is 6.42 Å². The lowest BCUT2D eigenvalue weighted by molar-refractivity contribution is -0.142. The Morgan fingerprint density at radius 3 is 2.73 bits per heavy atom. The molecule has 0 spiro atoms. The largest absolute Gasteiger partial charge is 0.370 e. The smallest absolute Gasteiger partial charge is 0.258 e. The lowest BCUT2D eigenvalue weighted by Crippen LogP contribution is -2.42. The molecular weight excluding hydrogens is 408 g/mol. The zero-order valence-corrected chi connectivity index (χ0v) is 17.2. The van der Waals surface area contributed by atoms with E-state index in [1.807, 2.05) is 0 Å². The van der Waals surface area contributed by atoms with Crippen molar-refractivity contribution in [1.82, 2.24) is 9.88 Å². The van der Waals surface area contributed by atoms with Gasteiger partial charge in [0.1, 0.15) is 12.4 Å². The Morgan fingerprint density at radius 1 is 1.13 bits per heavy atom. The molecular formula is C21H23ClN4O4. The summed E-state index contributed by atoms with van der Waals surface area (Å²) in [7, 11) is 0. The van der Waals surface area contributed by atoms with Gasteiger partial charge in [0.15, 0.2) is 0 Å². The Morgan fingerprint density at radius 2 is 1.97 bits per heavy atom. The summed E-state index contributed by atoms with van der Waals surface area (Å²) in [6.45, 7) is 1.89. The van der Waals surface area contributed by atoms with Gasteiger partial charge in [-0.2, -0.15) is 0 Å². The van der Waals surface area contributed by atoms with Crippen molar-refractivity contribution in [3.63, 3.8) is 0 Å². The molecule has 1 aromatic carbocycles. The van der Waals surface area contributed by atoms with Crippen LogP contribution in [0.15, 0.2) is 42.6 Å². The number of carbonyl (C=O) groups is 3. The summed E-state index contributed by atoms with van der Waals surface area (Å²) in [5.74, 6) is -0.219. The third kappa shape index (κ3) is 6.27. The van der Waals surface area contributed by atoms with Gasteiger partial charge < -0.3 is 20.3 Å². The Kier molecular flexibility index (Phi) is 7.75. The first-order valence-electron chi connectivity index (χ1n) is 9.70. The molecule has 0 bridgehead atoms. The van der Waals surface area contributed by atoms with E-state index in [9.17, 15) is 14.4 Å². The molecule has 0 unspecified atom stereocenters. The van der Waals surface area contributed by atoms with Gasteiger partial charge in [0.2, 0.25) is 11.8 Å². The second kappa shape index (κ2) is 10.7. The first kappa shape index (κ1) is 21.7. The molecule has 1 aliphatic heterocycles. The molecule has 1 fully saturated rings. The van der Waals surface area contributed by atoms with Crippen molar-refractivity contribution in [2.75, 3.05) is 36.9 Å². The lowest BCUT2D eigenvalue weighted by atomic mass is 10.1. The Bertz CT molecular complexity index is 904. The van der Waals surface area contributed by atoms with Crippen molar-refractivity contribution in [2.24, 2.45) is 0 Å². The summed E-state index contributed by atoms with van der Waals surface area (Å²) in [5, 5.41) is 5.95. The fourth-order valence-corrected chi connectivity index (χ4v) is 3.12. The van der Waals surface area contributed by atoms with Crippen molar-refractivity contribution in [1.29, 1.82) is 0 Å². The molecule has 3 rings (SSSR count). The predicted molar refractivity (Wildman–Crippen MR) is 114 cm³/mol. The summed E-state index contributed by atoms with van der Waals surface area (Å²) in [6.07, 6.45) is 3.10. The molecule has 1 saturated heterocycles. The van der Waals surface area contributed by atoms with Gasteiger partial charge in [0.05, 0.1) is 22.9 Å². The zero-order valence-electron chi connectivity index (χ0n) is 16.4. The summed E-state index contributed by atoms with van der Waals surface area (Å²) in [5.41, 5.74) is 0.763. The zero-order chi connectivity index (χ0) is 21.3. The van der Waals surface area contributed by atoms with E-state index in [0.29, 0.717) is 54.6 Å². The number of morpholine rings is 1. The third-order valence-corrected chi connectivity index (χ3v) is 4.80. The molecule has 2 N–H and O–H groups in total. The molecule has 0 atom stereocenters. The van der Waals surface area contributed by atoms with Gasteiger partial charge in [-0.25, -0.2) is 4.98 Å². The van der Waals surface area contributed by atoms with Crippen LogP contribution in [0.5, 0.6) is 0 Å². The normalized spacial score (nSPS) is 13.8. The number of pyridine rings is 1. The van der Waals surface area contributed by atoms with Crippen LogP contribution in [0, 0.1) is 0 Å². The van der Waals surface area contributed by atoms with Crippen LogP contribution in [-0.2, 0) is 14.3 Å². The van der Waals surface area contributed by atoms with E-state index in [1.54, 1.807) is 41.3 Å². The average molecular weight is 431 g/mol. The highest BCUT2D eigenvalue weighted by molar-refractivity contribution is 6.30. The molecule has 0 saturated carbocycles. The molecule has 1 aromatic heterocycles. The molecule has 8 nitrogen and oxygen atoms in total. The van der Waals surface area contributed by atoms with Crippen LogP contribution in [0.3, 0.4) is 0 Å². The summed E-state index contributed by atoms with van der Waals surface area (Å²) in [4.78, 5) is 42.4. The topological polar surface area (TPSA) is 101 Å². The SMILES string of the molecule is O=C(CCCCN1CCOCC1=O)Nc1ccccc1C(=O)Nc1ccc(Cl)cn1. The number of nitrogens with one attached hydrogen (secondary N) is 2. The van der Waals surface area contributed by atoms with Crippen LogP contribution < -0.4 is 10.6 Å². The number of aromatic nitrogens is 1. The van der Waals surface area contributed by atoms with Gasteiger partial charge in [-0.15, -0.1) is 0 Å². The maximum absolute atomic E-state index is 12.6. The highest BCUT2D eigenvalue weighted by atomic mass is 35.5. The minimum atomic E-state index is -0.383. The van der Waals surface area contributed by atoms with Crippen LogP contribution in [-0.4, -0.2) is 53.9 Å². The van der Waals surface area contributed by atoms with Crippen molar-refractivity contribution in [2.45, 2.75) is 19.3 Å². The number of rotatable bonds is 8. The number of para-hydroxylation sites is 1. The van der Waals surface area contributed by atoms with E-state index in [4.69, 9.17) is 16.3 Å². The Balaban J connectivity index is 1.49. The van der Waals surface area contributed by atoms with E-state index < -0.39 is 0 Å². The van der Waals surface area contributed by atoms with Crippen LogP contribution in [0.2, 0.25) is 5.02 Å². The number of benzene rings is 1. The van der Waals surface area contributed by atoms with Gasteiger partial charge in [-0.1, -0.05) is 23.7 Å². The highest BCUT2D eigenvalue weighted by Gasteiger charge is 2.18. The fraction of sp³-hybridized carbons (Fsp3) is 0.333. The molecule has 2 heterocycles. The number of amides is 3. The van der Waals surface area contributed by atoms with E-state index in [-0.39, 0.29) is 24.3 Å². The minimum absolute atomic E-state index is 0.0131. The van der Waals surface area contributed by atoms with Gasteiger partial charge in [-0.3, -0.25) is 14.4 Å². The number of unbranched alkanes of at least 4 members (excludes halogenated alkanes) is 1. The number of hydrogen-bond acceptors (Lipinski definition) is 5. The monoisotopic (exact) mass is 430 g/mol. The van der Waals surface area contributed by atoms with Crippen molar-refractivity contribution < 1.29 is 19.1 Å². The molecule has 0 aliphatic carbocycles. The number of ether oxygens (including phenoxy) is 1. The standard InChI is InChI=1S/C21H23ClN4O4/c22-15-8-9-18(23-13-15)25-21(29)16-5-1-2-6-17(16)24-19(27)7-3-4-10-26-11-12-30-14-20(26)28/h1-2,5-6,8-9,13H,3-4,7,10-12,14H2,(H,24,27)(H,23,25,29). The van der Waals surface area contributed by atoms with Gasteiger partial charge in [-0.05, 0) is 37.1 Å². The highest BCUT2D eigenvalue weighted by Crippen LogP contribution is 2.18. The van der Waals surface area contributed by atoms with Crippen LogP contribution in [0.4, 0.5) is 11.5 Å². The fourth-order valence-electron chi connectivity index (χ4n) is 3.01. The van der Waals surface area contributed by atoms with Crippen molar-refractivity contribution in [3.8, 4) is 0 Å². The van der Waals surface area contributed by atoms with Crippen LogP contribution >= 0.6 is 11.6 Å². The lowest BCUT2D eigenvalue weighted by Gasteiger charge is -2.26. The first-order chi connectivity index (χ1) is 14.5. The number of hydrogen-bond donors (Lipinski definition) is 2. The van der Waals surface area contributed by atoms with E-state index in [1.165, 1.54) is 6.20 Å². The quantitative estimate of drug-likeness (QED) is 0.627. The molecule has 3 amide bonds. The van der Waals surface area contributed by atoms with Gasteiger partial charge in [0.25, 0.3) is 5.91 Å². The second-order valence-electron chi connectivity index (χ2n) is 6.80. The average Bonchev–Trinajstić information content (AvgIpc) is 2.74. The maximum Gasteiger partial charge on any atom is 0.258 e. The Hall–Kier alpha value is -2.97. The maximum atomic E-state index is 12.6. The Labute approximate surface area is 179 Å². The molecule has 9 heteroatoms. The summed E-state index contributed by atoms with van der Waals surface area (Å²) in [6, 6.07) is 10.00. The molecule has 158 valence electrons.